The van der Waals surface area contributed by atoms with Crippen LogP contribution in [0.3, 0.4) is 0 Å². The Labute approximate surface area is 148 Å². The molecular weight excluding hydrogens is 318 g/mol. The van der Waals surface area contributed by atoms with Crippen LogP contribution in [0.1, 0.15) is 37.8 Å². The molecular formula is C20H25NO4. The highest BCUT2D eigenvalue weighted by Crippen LogP contribution is 2.30. The van der Waals surface area contributed by atoms with Gasteiger partial charge < -0.3 is 19.4 Å². The normalized spacial score (nSPS) is 11.2. The minimum atomic E-state index is 0.464. The lowest BCUT2D eigenvalue weighted by Crippen LogP contribution is -2.06. The van der Waals surface area contributed by atoms with E-state index >= 15 is 0 Å². The molecule has 25 heavy (non-hydrogen) atoms. The fourth-order valence-electron chi connectivity index (χ4n) is 2.34. The van der Waals surface area contributed by atoms with Crippen LogP contribution in [0.5, 0.6) is 17.2 Å². The number of benzene rings is 2. The van der Waals surface area contributed by atoms with E-state index in [9.17, 15) is 5.21 Å². The molecule has 0 atom stereocenters. The van der Waals surface area contributed by atoms with Gasteiger partial charge in [-0.05, 0) is 55.3 Å². The topological polar surface area (TPSA) is 60.3 Å². The monoisotopic (exact) mass is 343 g/mol. The standard InChI is InChI=1S/C20H25NO4/c1-4-12-24-18-11-8-16(14-19(18)25-13-5-2)20(21-22)15-6-9-17(23-3)10-7-15/h6-11,14,22H,4-5,12-13H2,1-3H3/b21-20+. The van der Waals surface area contributed by atoms with Crippen molar-refractivity contribution in [3.05, 3.63) is 53.6 Å². The minimum absolute atomic E-state index is 0.464. The average Bonchev–Trinajstić information content (AvgIpc) is 2.66. The van der Waals surface area contributed by atoms with Gasteiger partial charge in [0.25, 0.3) is 0 Å². The maximum absolute atomic E-state index is 9.52. The van der Waals surface area contributed by atoms with Crippen LogP contribution in [-0.2, 0) is 0 Å². The van der Waals surface area contributed by atoms with E-state index < -0.39 is 0 Å². The van der Waals surface area contributed by atoms with Crippen molar-refractivity contribution in [3.63, 3.8) is 0 Å². The lowest BCUT2D eigenvalue weighted by Gasteiger charge is -2.14. The highest BCUT2D eigenvalue weighted by Gasteiger charge is 2.13. The first-order valence-corrected chi connectivity index (χ1v) is 8.50. The van der Waals surface area contributed by atoms with E-state index in [4.69, 9.17) is 14.2 Å². The van der Waals surface area contributed by atoms with E-state index in [1.165, 1.54) is 0 Å². The molecule has 0 unspecified atom stereocenters. The summed E-state index contributed by atoms with van der Waals surface area (Å²) >= 11 is 0. The summed E-state index contributed by atoms with van der Waals surface area (Å²) in [5.41, 5.74) is 2.00. The lowest BCUT2D eigenvalue weighted by molar-refractivity contribution is 0.268. The summed E-state index contributed by atoms with van der Waals surface area (Å²) in [6, 6.07) is 12.9. The molecule has 134 valence electrons. The second-order valence-corrected chi connectivity index (χ2v) is 5.54. The number of hydrogen-bond acceptors (Lipinski definition) is 5. The third-order valence-electron chi connectivity index (χ3n) is 3.60. The summed E-state index contributed by atoms with van der Waals surface area (Å²) in [6.07, 6.45) is 1.82. The van der Waals surface area contributed by atoms with E-state index in [2.05, 4.69) is 12.1 Å². The van der Waals surface area contributed by atoms with Gasteiger partial charge in [-0.1, -0.05) is 19.0 Å². The molecule has 0 aromatic heterocycles. The predicted octanol–water partition coefficient (Wildman–Crippen LogP) is 4.50. The van der Waals surface area contributed by atoms with Gasteiger partial charge in [0, 0.05) is 11.1 Å². The van der Waals surface area contributed by atoms with E-state index in [0.717, 1.165) is 29.7 Å². The van der Waals surface area contributed by atoms with Crippen LogP contribution in [0, 0.1) is 0 Å². The summed E-state index contributed by atoms with van der Waals surface area (Å²) < 4.78 is 16.7. The van der Waals surface area contributed by atoms with Crippen LogP contribution in [0.4, 0.5) is 0 Å². The summed E-state index contributed by atoms with van der Waals surface area (Å²) in [4.78, 5) is 0. The molecule has 5 nitrogen and oxygen atoms in total. The van der Waals surface area contributed by atoms with E-state index in [1.54, 1.807) is 7.11 Å². The zero-order valence-electron chi connectivity index (χ0n) is 15.0. The Morgan fingerprint density at radius 2 is 1.48 bits per heavy atom. The van der Waals surface area contributed by atoms with Crippen LogP contribution in [0.2, 0.25) is 0 Å². The molecule has 2 aromatic carbocycles. The van der Waals surface area contributed by atoms with Gasteiger partial charge in [-0.25, -0.2) is 0 Å². The molecule has 1 N–H and O–H groups in total. The first-order chi connectivity index (χ1) is 12.2. The highest BCUT2D eigenvalue weighted by atomic mass is 16.5. The molecule has 0 saturated carbocycles. The Hall–Kier alpha value is -2.69. The molecule has 0 aliphatic heterocycles. The Balaban J connectivity index is 2.34. The molecule has 0 heterocycles. The maximum atomic E-state index is 9.52. The van der Waals surface area contributed by atoms with Gasteiger partial charge in [-0.15, -0.1) is 0 Å². The molecule has 0 amide bonds. The van der Waals surface area contributed by atoms with E-state index in [0.29, 0.717) is 30.4 Å². The third kappa shape index (κ3) is 4.89. The molecule has 0 bridgehead atoms. The Bertz CT molecular complexity index is 695. The van der Waals surface area contributed by atoms with Crippen molar-refractivity contribution >= 4 is 5.71 Å². The van der Waals surface area contributed by atoms with Crippen molar-refractivity contribution in [3.8, 4) is 17.2 Å². The Morgan fingerprint density at radius 1 is 0.880 bits per heavy atom. The first-order valence-electron chi connectivity index (χ1n) is 8.50. The lowest BCUT2D eigenvalue weighted by atomic mass is 10.0. The van der Waals surface area contributed by atoms with Crippen LogP contribution >= 0.6 is 0 Å². The zero-order valence-corrected chi connectivity index (χ0v) is 15.0. The molecule has 2 rings (SSSR count). The molecule has 0 saturated heterocycles. The number of oxime groups is 1. The minimum Gasteiger partial charge on any atom is -0.497 e. The summed E-state index contributed by atoms with van der Waals surface area (Å²) in [5, 5.41) is 13.0. The number of nitrogens with zero attached hydrogens (tertiary/aromatic N) is 1. The number of rotatable bonds is 9. The second kappa shape index (κ2) is 9.57. The van der Waals surface area contributed by atoms with Crippen LogP contribution < -0.4 is 14.2 Å². The molecule has 0 fully saturated rings. The number of ether oxygens (including phenoxy) is 3. The second-order valence-electron chi connectivity index (χ2n) is 5.54. The molecule has 0 radical (unpaired) electrons. The quantitative estimate of drug-likeness (QED) is 0.414. The van der Waals surface area contributed by atoms with E-state index in [1.807, 2.05) is 49.4 Å². The van der Waals surface area contributed by atoms with Gasteiger partial charge in [0.15, 0.2) is 11.5 Å². The van der Waals surface area contributed by atoms with Gasteiger partial charge >= 0.3 is 0 Å². The number of hydrogen-bond donors (Lipinski definition) is 1. The van der Waals surface area contributed by atoms with Crippen molar-refractivity contribution in [1.82, 2.24) is 0 Å². The average molecular weight is 343 g/mol. The third-order valence-corrected chi connectivity index (χ3v) is 3.60. The van der Waals surface area contributed by atoms with Crippen LogP contribution in [-0.4, -0.2) is 31.2 Å². The van der Waals surface area contributed by atoms with Crippen molar-refractivity contribution in [2.24, 2.45) is 5.16 Å². The highest BCUT2D eigenvalue weighted by molar-refractivity contribution is 6.12. The predicted molar refractivity (Wildman–Crippen MR) is 98.4 cm³/mol. The van der Waals surface area contributed by atoms with Crippen molar-refractivity contribution in [1.29, 1.82) is 0 Å². The molecule has 0 aliphatic rings. The van der Waals surface area contributed by atoms with Gasteiger partial charge in [-0.2, -0.15) is 0 Å². The molecule has 5 heteroatoms. The van der Waals surface area contributed by atoms with Gasteiger partial charge in [0.2, 0.25) is 0 Å². The fourth-order valence-corrected chi connectivity index (χ4v) is 2.34. The summed E-state index contributed by atoms with van der Waals surface area (Å²) in [7, 11) is 1.61. The van der Waals surface area contributed by atoms with E-state index in [-0.39, 0.29) is 0 Å². The smallest absolute Gasteiger partial charge is 0.161 e. The summed E-state index contributed by atoms with van der Waals surface area (Å²) in [6.45, 7) is 5.33. The fraction of sp³-hybridized carbons (Fsp3) is 0.350. The molecule has 0 aliphatic carbocycles. The van der Waals surface area contributed by atoms with Crippen molar-refractivity contribution in [2.45, 2.75) is 26.7 Å². The number of methoxy groups -OCH3 is 1. The maximum Gasteiger partial charge on any atom is 0.161 e. The van der Waals surface area contributed by atoms with Gasteiger partial charge in [0.05, 0.1) is 20.3 Å². The Kier molecular flexibility index (Phi) is 7.14. The van der Waals surface area contributed by atoms with Crippen molar-refractivity contribution in [2.75, 3.05) is 20.3 Å². The zero-order chi connectivity index (χ0) is 18.1. The molecule has 0 spiro atoms. The van der Waals surface area contributed by atoms with Crippen LogP contribution in [0.15, 0.2) is 47.6 Å². The summed E-state index contributed by atoms with van der Waals surface area (Å²) in [5.74, 6) is 2.10. The molecule has 2 aromatic rings. The SMILES string of the molecule is CCCOc1ccc(/C(=N/O)c2ccc(OC)cc2)cc1OCCC. The largest absolute Gasteiger partial charge is 0.497 e. The van der Waals surface area contributed by atoms with Gasteiger partial charge in [-0.3, -0.25) is 0 Å². The van der Waals surface area contributed by atoms with Crippen LogP contribution in [0.25, 0.3) is 0 Å². The van der Waals surface area contributed by atoms with Gasteiger partial charge in [0.1, 0.15) is 11.5 Å². The Morgan fingerprint density at radius 3 is 2.04 bits per heavy atom. The van der Waals surface area contributed by atoms with Crippen molar-refractivity contribution < 1.29 is 19.4 Å². The first kappa shape index (κ1) is 18.6.